The van der Waals surface area contributed by atoms with Gasteiger partial charge in [0, 0.05) is 24.2 Å². The lowest BCUT2D eigenvalue weighted by Gasteiger charge is -2.48. The molecular weight excluding hydrogens is 728 g/mol. The Morgan fingerprint density at radius 1 is 0.667 bits per heavy atom. The third-order valence-electron chi connectivity index (χ3n) is 11.4. The van der Waals surface area contributed by atoms with Crippen molar-refractivity contribution in [3.8, 4) is 0 Å². The molecule has 1 saturated carbocycles. The maximum atomic E-state index is 12.8. The molecule has 4 fully saturated rings. The number of hydrogen-bond donors (Lipinski definition) is 8. The minimum atomic E-state index is -1.75. The number of aliphatic hydroxyl groups excluding tert-OH is 8. The smallest absolute Gasteiger partial charge is 0.337 e. The van der Waals surface area contributed by atoms with E-state index in [0.29, 0.717) is 0 Å². The molecule has 20 heteroatoms. The van der Waals surface area contributed by atoms with Crippen LogP contribution in [0.1, 0.15) is 26.7 Å². The molecule has 54 heavy (non-hydrogen) atoms. The lowest BCUT2D eigenvalue weighted by molar-refractivity contribution is -0.359. The van der Waals surface area contributed by atoms with Crippen molar-refractivity contribution in [3.63, 3.8) is 0 Å². The molecule has 6 rings (SSSR count). The van der Waals surface area contributed by atoms with Gasteiger partial charge in [0.2, 0.25) is 12.6 Å². The van der Waals surface area contributed by atoms with Crippen LogP contribution in [-0.2, 0) is 57.0 Å². The largest absolute Gasteiger partial charge is 0.472 e. The van der Waals surface area contributed by atoms with Crippen molar-refractivity contribution in [2.75, 3.05) is 27.4 Å². The van der Waals surface area contributed by atoms with E-state index in [1.165, 1.54) is 20.5 Å². The summed E-state index contributed by atoms with van der Waals surface area (Å²) >= 11 is 0. The highest BCUT2D eigenvalue weighted by atomic mass is 16.8. The number of methoxy groups -OCH3 is 2. The second kappa shape index (κ2) is 16.9. The predicted octanol–water partition coefficient (Wildman–Crippen LogP) is -3.53. The van der Waals surface area contributed by atoms with Crippen LogP contribution in [0.4, 0.5) is 0 Å². The summed E-state index contributed by atoms with van der Waals surface area (Å²) in [5, 5.41) is 83.6. The third kappa shape index (κ3) is 7.75. The fourth-order valence-electron chi connectivity index (χ4n) is 8.29. The summed E-state index contributed by atoms with van der Waals surface area (Å²) in [6.07, 6.45) is -18.1. The first-order valence-corrected chi connectivity index (χ1v) is 17.8. The number of esters is 2. The van der Waals surface area contributed by atoms with Crippen LogP contribution < -0.4 is 0 Å². The number of rotatable bonds is 10. The second-order valence-corrected chi connectivity index (χ2v) is 14.5. The van der Waals surface area contributed by atoms with Gasteiger partial charge in [0.1, 0.15) is 48.8 Å². The van der Waals surface area contributed by atoms with Crippen LogP contribution in [0.15, 0.2) is 23.7 Å². The zero-order chi connectivity index (χ0) is 39.2. The van der Waals surface area contributed by atoms with Crippen LogP contribution in [0.5, 0.6) is 0 Å². The summed E-state index contributed by atoms with van der Waals surface area (Å²) in [5.74, 6) is -4.20. The molecule has 0 bridgehead atoms. The average Bonchev–Trinajstić information content (AvgIpc) is 3.47. The van der Waals surface area contributed by atoms with Crippen LogP contribution in [0.3, 0.4) is 0 Å². The molecule has 3 saturated heterocycles. The maximum absolute atomic E-state index is 12.8. The van der Waals surface area contributed by atoms with Gasteiger partial charge in [0.05, 0.1) is 69.2 Å². The summed E-state index contributed by atoms with van der Waals surface area (Å²) < 4.78 is 56.7. The number of aliphatic hydroxyl groups is 8. The molecule has 306 valence electrons. The van der Waals surface area contributed by atoms with Gasteiger partial charge >= 0.3 is 11.9 Å². The maximum Gasteiger partial charge on any atom is 0.337 e. The number of ether oxygens (including phenoxy) is 10. The Balaban J connectivity index is 1.13. The molecule has 0 aromatic rings. The van der Waals surface area contributed by atoms with Crippen molar-refractivity contribution in [1.29, 1.82) is 0 Å². The van der Waals surface area contributed by atoms with Gasteiger partial charge in [-0.1, -0.05) is 6.92 Å². The first kappa shape index (κ1) is 41.1. The van der Waals surface area contributed by atoms with Gasteiger partial charge in [-0.3, -0.25) is 0 Å². The van der Waals surface area contributed by atoms with Crippen molar-refractivity contribution in [1.82, 2.24) is 0 Å². The number of carbonyl (C=O) groups excluding carboxylic acids is 2. The zero-order valence-electron chi connectivity index (χ0n) is 30.0. The molecule has 20 nitrogen and oxygen atoms in total. The molecular formula is C34H50O20. The zero-order valence-corrected chi connectivity index (χ0v) is 30.0. The molecule has 1 aliphatic carbocycles. The average molecular weight is 779 g/mol. The van der Waals surface area contributed by atoms with Crippen molar-refractivity contribution >= 4 is 11.9 Å². The standard InChI is InChI=1S/C34H50O20/c1-11-17(36)5-13-15(29(43)45-3)8-48-31(21(11)13)53-34-28(42)26(40)24(38)19(52-34)10-47-20-6-14-16(30(44)46-4)9-49-32(22(14)12(2)50-20)54-33-27(41)25(39)23(37)18(7-35)51-33/h8-9,11-14,17-28,31-42H,5-7,10H2,1-4H3/t11-,12-,13?,14?,17?,18+,19+,20+,21?,22?,23+,24+,25-,26-,27+,28+,31-,32-,33-,34-/m0/s1. The molecule has 0 aromatic carbocycles. The minimum absolute atomic E-state index is 0.00975. The van der Waals surface area contributed by atoms with Gasteiger partial charge in [-0.25, -0.2) is 9.59 Å². The lowest BCUT2D eigenvalue weighted by Crippen LogP contribution is -2.61. The predicted molar refractivity (Wildman–Crippen MR) is 171 cm³/mol. The first-order valence-electron chi connectivity index (χ1n) is 17.8. The molecule has 0 aromatic heterocycles. The third-order valence-corrected chi connectivity index (χ3v) is 11.4. The van der Waals surface area contributed by atoms with Gasteiger partial charge in [-0.05, 0) is 19.3 Å². The van der Waals surface area contributed by atoms with Gasteiger partial charge in [0.15, 0.2) is 18.9 Å². The molecule has 0 amide bonds. The molecule has 20 atom stereocenters. The van der Waals surface area contributed by atoms with Crippen LogP contribution in [0.2, 0.25) is 0 Å². The Morgan fingerprint density at radius 3 is 1.70 bits per heavy atom. The summed E-state index contributed by atoms with van der Waals surface area (Å²) in [7, 11) is 2.42. The molecule has 5 unspecified atom stereocenters. The van der Waals surface area contributed by atoms with Gasteiger partial charge in [-0.15, -0.1) is 0 Å². The Morgan fingerprint density at radius 2 is 1.17 bits per heavy atom. The van der Waals surface area contributed by atoms with Crippen molar-refractivity contribution in [2.24, 2.45) is 29.6 Å². The van der Waals surface area contributed by atoms with E-state index in [-0.39, 0.29) is 24.0 Å². The highest BCUT2D eigenvalue weighted by Gasteiger charge is 2.55. The first-order chi connectivity index (χ1) is 25.7. The molecule has 5 aliphatic heterocycles. The van der Waals surface area contributed by atoms with Gasteiger partial charge in [-0.2, -0.15) is 0 Å². The number of hydrogen-bond acceptors (Lipinski definition) is 20. The molecule has 8 N–H and O–H groups in total. The summed E-state index contributed by atoms with van der Waals surface area (Å²) in [5.41, 5.74) is 0.338. The minimum Gasteiger partial charge on any atom is -0.472 e. The number of fused-ring (bicyclic) bond motifs is 2. The SMILES string of the molecule is COC(=O)C1=CO[C@@H](O[C@@H]2O[C@H](CO[C@H]3CC4C(C(=O)OC)=CO[C@@H](O[C@@H]5O[C@H](CO)[C@@H](O)[C@H](O)[C@H]5O)C4[C@H](C)O3)[C@@H](O)[C@H](O)[C@H]2O)C2C1CC(O)[C@@H]2C. The van der Waals surface area contributed by atoms with Crippen molar-refractivity contribution < 1.29 is 97.8 Å². The second-order valence-electron chi connectivity index (χ2n) is 14.5. The van der Waals surface area contributed by atoms with E-state index >= 15 is 0 Å². The summed E-state index contributed by atoms with van der Waals surface area (Å²) in [4.78, 5) is 25.2. The van der Waals surface area contributed by atoms with Gasteiger partial charge < -0.3 is 88.2 Å². The fraction of sp³-hybridized carbons (Fsp3) is 0.824. The lowest BCUT2D eigenvalue weighted by atomic mass is 9.77. The van der Waals surface area contributed by atoms with Crippen LogP contribution in [0, 0.1) is 29.6 Å². The fourth-order valence-corrected chi connectivity index (χ4v) is 8.29. The molecule has 5 heterocycles. The van der Waals surface area contributed by atoms with Crippen molar-refractivity contribution in [3.05, 3.63) is 23.7 Å². The van der Waals surface area contributed by atoms with E-state index in [1.54, 1.807) is 13.8 Å². The highest BCUT2D eigenvalue weighted by molar-refractivity contribution is 5.89. The molecule has 0 radical (unpaired) electrons. The van der Waals surface area contributed by atoms with Crippen molar-refractivity contribution in [2.45, 2.75) is 119 Å². The van der Waals surface area contributed by atoms with E-state index in [1.807, 2.05) is 0 Å². The number of carbonyl (C=O) groups is 2. The summed E-state index contributed by atoms with van der Waals surface area (Å²) in [6.45, 7) is 2.34. The monoisotopic (exact) mass is 778 g/mol. The van der Waals surface area contributed by atoms with Crippen LogP contribution >= 0.6 is 0 Å². The topological polar surface area (TPSA) is 288 Å². The van der Waals surface area contributed by atoms with Gasteiger partial charge in [0.25, 0.3) is 0 Å². The Bertz CT molecular complexity index is 1390. The molecule has 0 spiro atoms. The summed E-state index contributed by atoms with van der Waals surface area (Å²) in [6, 6.07) is 0. The van der Waals surface area contributed by atoms with E-state index in [0.717, 1.165) is 6.26 Å². The Kier molecular flexibility index (Phi) is 12.9. The van der Waals surface area contributed by atoms with E-state index in [2.05, 4.69) is 0 Å². The normalized spacial score (nSPS) is 47.6. The van der Waals surface area contributed by atoms with E-state index in [4.69, 9.17) is 47.4 Å². The quantitative estimate of drug-likeness (QED) is 0.0997. The Labute approximate surface area is 309 Å². The molecule has 6 aliphatic rings. The Hall–Kier alpha value is -2.54. The van der Waals surface area contributed by atoms with E-state index < -0.39 is 147 Å². The van der Waals surface area contributed by atoms with Crippen LogP contribution in [0.25, 0.3) is 0 Å². The van der Waals surface area contributed by atoms with Crippen LogP contribution in [-0.4, -0.2) is 173 Å². The highest BCUT2D eigenvalue weighted by Crippen LogP contribution is 2.48. The van der Waals surface area contributed by atoms with E-state index in [9.17, 15) is 50.4 Å².